The van der Waals surface area contributed by atoms with E-state index in [-0.39, 0.29) is 5.41 Å². The van der Waals surface area contributed by atoms with E-state index < -0.39 is 5.60 Å². The molecular formula is C15H16ClNO. The first kappa shape index (κ1) is 12.0. The normalized spacial score (nSPS) is 37.7. The third-order valence-electron chi connectivity index (χ3n) is 4.70. The zero-order valence-corrected chi connectivity index (χ0v) is 11.2. The quantitative estimate of drug-likeness (QED) is 0.815. The highest BCUT2D eigenvalue weighted by Gasteiger charge is 2.66. The van der Waals surface area contributed by atoms with Crippen LogP contribution in [0.1, 0.15) is 25.3 Å². The Labute approximate surface area is 113 Å². The van der Waals surface area contributed by atoms with Gasteiger partial charge in [0.15, 0.2) is 5.60 Å². The first-order valence-electron chi connectivity index (χ1n) is 6.39. The molecule has 18 heavy (non-hydrogen) atoms. The molecule has 1 aliphatic heterocycles. The standard InChI is InChI=1S/C15H16ClNO/c1-14-7-6-12(15(14,9-17)18-10-14)8-11-2-4-13(16)5-3-11/h2-5,12H,6-8,10H2,1H3. The highest BCUT2D eigenvalue weighted by Crippen LogP contribution is 2.59. The molecule has 1 aromatic carbocycles. The second-order valence-electron chi connectivity index (χ2n) is 5.76. The number of rotatable bonds is 2. The Kier molecular flexibility index (Phi) is 2.66. The van der Waals surface area contributed by atoms with Crippen molar-refractivity contribution in [1.29, 1.82) is 5.26 Å². The number of hydrogen-bond donors (Lipinski definition) is 0. The van der Waals surface area contributed by atoms with E-state index in [0.717, 1.165) is 30.9 Å². The van der Waals surface area contributed by atoms with Crippen LogP contribution in [-0.4, -0.2) is 12.2 Å². The number of ether oxygens (including phenoxy) is 1. The Balaban J connectivity index is 1.82. The molecule has 3 unspecified atom stereocenters. The minimum Gasteiger partial charge on any atom is -0.358 e. The van der Waals surface area contributed by atoms with Gasteiger partial charge in [-0.25, -0.2) is 0 Å². The summed E-state index contributed by atoms with van der Waals surface area (Å²) in [6.45, 7) is 2.92. The lowest BCUT2D eigenvalue weighted by Gasteiger charge is -2.51. The zero-order chi connectivity index (χ0) is 12.8. The lowest BCUT2D eigenvalue weighted by molar-refractivity contribution is -0.225. The van der Waals surface area contributed by atoms with Crippen LogP contribution >= 0.6 is 11.6 Å². The Bertz CT molecular complexity index is 506. The molecule has 0 radical (unpaired) electrons. The lowest BCUT2D eigenvalue weighted by Crippen LogP contribution is -2.60. The highest BCUT2D eigenvalue weighted by atomic mass is 35.5. The lowest BCUT2D eigenvalue weighted by atomic mass is 9.68. The molecule has 0 aromatic heterocycles. The highest BCUT2D eigenvalue weighted by molar-refractivity contribution is 6.30. The SMILES string of the molecule is CC12CCC(Cc3ccc(Cl)cc3)C1(C#N)OC2. The maximum Gasteiger partial charge on any atom is 0.164 e. The van der Waals surface area contributed by atoms with Crippen LogP contribution in [0.15, 0.2) is 24.3 Å². The van der Waals surface area contributed by atoms with Crippen molar-refractivity contribution in [3.8, 4) is 6.07 Å². The fourth-order valence-corrected chi connectivity index (χ4v) is 3.57. The summed E-state index contributed by atoms with van der Waals surface area (Å²) in [6.07, 6.45) is 3.08. The minimum absolute atomic E-state index is 0.0683. The van der Waals surface area contributed by atoms with Gasteiger partial charge < -0.3 is 4.74 Å². The topological polar surface area (TPSA) is 33.0 Å². The van der Waals surface area contributed by atoms with Crippen LogP contribution in [0.2, 0.25) is 5.02 Å². The molecule has 0 amide bonds. The Hall–Kier alpha value is -1.04. The average molecular weight is 262 g/mol. The van der Waals surface area contributed by atoms with Crippen molar-refractivity contribution in [2.24, 2.45) is 11.3 Å². The molecule has 1 heterocycles. The monoisotopic (exact) mass is 261 g/mol. The third kappa shape index (κ3) is 1.51. The van der Waals surface area contributed by atoms with Gasteiger partial charge in [0.25, 0.3) is 0 Å². The van der Waals surface area contributed by atoms with E-state index in [9.17, 15) is 5.26 Å². The molecular weight excluding hydrogens is 246 g/mol. The summed E-state index contributed by atoms with van der Waals surface area (Å²) in [7, 11) is 0. The van der Waals surface area contributed by atoms with Crippen molar-refractivity contribution in [3.63, 3.8) is 0 Å². The van der Waals surface area contributed by atoms with Gasteiger partial charge in [0.1, 0.15) is 0 Å². The van der Waals surface area contributed by atoms with Crippen molar-refractivity contribution < 1.29 is 4.74 Å². The van der Waals surface area contributed by atoms with Gasteiger partial charge in [0.2, 0.25) is 0 Å². The average Bonchev–Trinajstić information content (AvgIpc) is 2.54. The summed E-state index contributed by atoms with van der Waals surface area (Å²) in [5.74, 6) is 0.308. The number of benzene rings is 1. The molecule has 0 spiro atoms. The minimum atomic E-state index is -0.549. The fourth-order valence-electron chi connectivity index (χ4n) is 3.45. The van der Waals surface area contributed by atoms with E-state index in [4.69, 9.17) is 16.3 Å². The summed E-state index contributed by atoms with van der Waals surface area (Å²) < 4.78 is 5.72. The predicted octanol–water partition coefficient (Wildman–Crippen LogP) is 3.59. The summed E-state index contributed by atoms with van der Waals surface area (Å²) in [5, 5.41) is 10.3. The smallest absolute Gasteiger partial charge is 0.164 e. The maximum absolute atomic E-state index is 9.51. The van der Waals surface area contributed by atoms with Crippen molar-refractivity contribution in [3.05, 3.63) is 34.9 Å². The van der Waals surface area contributed by atoms with Crippen LogP contribution in [0.4, 0.5) is 0 Å². The molecule has 1 aromatic rings. The van der Waals surface area contributed by atoms with Gasteiger partial charge in [0.05, 0.1) is 12.7 Å². The molecule has 3 heteroatoms. The zero-order valence-electron chi connectivity index (χ0n) is 10.4. The van der Waals surface area contributed by atoms with Gasteiger partial charge in [0, 0.05) is 16.4 Å². The molecule has 1 saturated heterocycles. The van der Waals surface area contributed by atoms with Crippen LogP contribution in [0.3, 0.4) is 0 Å². The van der Waals surface area contributed by atoms with Crippen molar-refractivity contribution in [2.45, 2.75) is 31.8 Å². The van der Waals surface area contributed by atoms with E-state index in [1.807, 2.05) is 24.3 Å². The molecule has 0 bridgehead atoms. The number of nitrogens with zero attached hydrogens (tertiary/aromatic N) is 1. The van der Waals surface area contributed by atoms with Crippen LogP contribution < -0.4 is 0 Å². The van der Waals surface area contributed by atoms with Crippen molar-refractivity contribution in [2.75, 3.05) is 6.61 Å². The predicted molar refractivity (Wildman–Crippen MR) is 70.3 cm³/mol. The molecule has 3 rings (SSSR count). The summed E-state index contributed by atoms with van der Waals surface area (Å²) in [4.78, 5) is 0. The van der Waals surface area contributed by atoms with Crippen molar-refractivity contribution >= 4 is 11.6 Å². The van der Waals surface area contributed by atoms with Crippen LogP contribution in [-0.2, 0) is 11.2 Å². The summed E-state index contributed by atoms with van der Waals surface area (Å²) >= 11 is 5.89. The van der Waals surface area contributed by atoms with Gasteiger partial charge in [-0.1, -0.05) is 30.7 Å². The van der Waals surface area contributed by atoms with E-state index >= 15 is 0 Å². The van der Waals surface area contributed by atoms with Gasteiger partial charge in [-0.2, -0.15) is 5.26 Å². The first-order valence-corrected chi connectivity index (χ1v) is 6.77. The molecule has 2 aliphatic rings. The van der Waals surface area contributed by atoms with Gasteiger partial charge in [-0.05, 0) is 37.0 Å². The van der Waals surface area contributed by atoms with Gasteiger partial charge in [-0.15, -0.1) is 0 Å². The van der Waals surface area contributed by atoms with Crippen molar-refractivity contribution in [1.82, 2.24) is 0 Å². The molecule has 3 atom stereocenters. The van der Waals surface area contributed by atoms with E-state index in [0.29, 0.717) is 5.92 Å². The molecule has 94 valence electrons. The maximum atomic E-state index is 9.51. The first-order chi connectivity index (χ1) is 8.60. The Morgan fingerprint density at radius 3 is 2.72 bits per heavy atom. The second kappa shape index (κ2) is 3.98. The summed E-state index contributed by atoms with van der Waals surface area (Å²) in [5.41, 5.74) is 0.754. The Morgan fingerprint density at radius 1 is 1.44 bits per heavy atom. The van der Waals surface area contributed by atoms with Crippen LogP contribution in [0.25, 0.3) is 0 Å². The summed E-state index contributed by atoms with van der Waals surface area (Å²) in [6, 6.07) is 10.4. The van der Waals surface area contributed by atoms with Crippen LogP contribution in [0.5, 0.6) is 0 Å². The van der Waals surface area contributed by atoms with Gasteiger partial charge in [-0.3, -0.25) is 0 Å². The Morgan fingerprint density at radius 2 is 2.17 bits per heavy atom. The third-order valence-corrected chi connectivity index (χ3v) is 4.95. The molecule has 2 fully saturated rings. The molecule has 0 N–H and O–H groups in total. The fraction of sp³-hybridized carbons (Fsp3) is 0.533. The second-order valence-corrected chi connectivity index (χ2v) is 6.20. The van der Waals surface area contributed by atoms with E-state index in [2.05, 4.69) is 13.0 Å². The van der Waals surface area contributed by atoms with Crippen LogP contribution in [0, 0.1) is 22.7 Å². The number of hydrogen-bond acceptors (Lipinski definition) is 2. The van der Waals surface area contributed by atoms with Gasteiger partial charge >= 0.3 is 0 Å². The number of nitriles is 1. The number of halogens is 1. The molecule has 2 nitrogen and oxygen atoms in total. The molecule has 1 saturated carbocycles. The molecule has 1 aliphatic carbocycles. The number of fused-ring (bicyclic) bond motifs is 1. The van der Waals surface area contributed by atoms with E-state index in [1.54, 1.807) is 0 Å². The van der Waals surface area contributed by atoms with E-state index in [1.165, 1.54) is 5.56 Å². The largest absolute Gasteiger partial charge is 0.358 e.